The van der Waals surface area contributed by atoms with E-state index in [1.165, 1.54) is 16.9 Å². The number of hydrogen-bond acceptors (Lipinski definition) is 6. The number of halogens is 2. The minimum Gasteiger partial charge on any atom is -0.478 e. The zero-order valence-electron chi connectivity index (χ0n) is 15.1. The van der Waals surface area contributed by atoms with Crippen molar-refractivity contribution < 1.29 is 9.53 Å². The maximum atomic E-state index is 12.6. The molecule has 0 spiro atoms. The van der Waals surface area contributed by atoms with Crippen molar-refractivity contribution in [3.63, 3.8) is 0 Å². The Morgan fingerprint density at radius 3 is 2.54 bits per heavy atom. The Labute approximate surface area is 185 Å². The molecule has 0 bridgehead atoms. The van der Waals surface area contributed by atoms with Crippen molar-refractivity contribution in [1.29, 1.82) is 0 Å². The van der Waals surface area contributed by atoms with Crippen molar-refractivity contribution in [1.82, 2.24) is 10.2 Å². The van der Waals surface area contributed by atoms with Crippen LogP contribution in [0.15, 0.2) is 57.3 Å². The summed E-state index contributed by atoms with van der Waals surface area (Å²) in [5, 5.41) is 12.0. The molecule has 1 heterocycles. The molecular weight excluding hydrogens is 482 g/mol. The van der Waals surface area contributed by atoms with Crippen molar-refractivity contribution in [3.8, 4) is 5.75 Å². The van der Waals surface area contributed by atoms with Gasteiger partial charge in [0.2, 0.25) is 5.13 Å². The summed E-state index contributed by atoms with van der Waals surface area (Å²) < 4.78 is 7.62. The summed E-state index contributed by atoms with van der Waals surface area (Å²) in [7, 11) is 0. The summed E-state index contributed by atoms with van der Waals surface area (Å²) in [6.07, 6.45) is 0. The Hall–Kier alpha value is -1.61. The summed E-state index contributed by atoms with van der Waals surface area (Å²) in [4.78, 5) is 12.6. The second-order valence-electron chi connectivity index (χ2n) is 6.31. The lowest BCUT2D eigenvalue weighted by Gasteiger charge is -2.24. The van der Waals surface area contributed by atoms with E-state index in [2.05, 4.69) is 43.6 Å². The number of thioether (sulfide) groups is 1. The minimum atomic E-state index is -1.08. The number of nitrogens with one attached hydrogen (secondary N) is 1. The monoisotopic (exact) mass is 497 g/mol. The molecule has 1 aromatic heterocycles. The number of hydrogen-bond donors (Lipinski definition) is 1. The van der Waals surface area contributed by atoms with Crippen LogP contribution in [0.2, 0.25) is 5.02 Å². The topological polar surface area (TPSA) is 64.1 Å². The van der Waals surface area contributed by atoms with Crippen LogP contribution in [-0.2, 0) is 10.5 Å². The van der Waals surface area contributed by atoms with Crippen LogP contribution < -0.4 is 10.1 Å². The van der Waals surface area contributed by atoms with Gasteiger partial charge in [-0.15, -0.1) is 10.2 Å². The van der Waals surface area contributed by atoms with E-state index < -0.39 is 5.60 Å². The third-order valence-corrected chi connectivity index (χ3v) is 6.46. The number of nitrogens with zero attached hydrogens (tertiary/aromatic N) is 2. The number of anilines is 1. The number of amides is 1. The quantitative estimate of drug-likeness (QED) is 0.318. The Balaban J connectivity index is 1.56. The third kappa shape index (κ3) is 5.94. The van der Waals surface area contributed by atoms with E-state index in [1.54, 1.807) is 49.9 Å². The highest BCUT2D eigenvalue weighted by molar-refractivity contribution is 9.10. The van der Waals surface area contributed by atoms with E-state index in [0.29, 0.717) is 15.9 Å². The lowest BCUT2D eigenvalue weighted by Crippen LogP contribution is -2.42. The van der Waals surface area contributed by atoms with Crippen molar-refractivity contribution in [2.75, 3.05) is 5.32 Å². The highest BCUT2D eigenvalue weighted by Gasteiger charge is 2.31. The maximum Gasteiger partial charge on any atom is 0.269 e. The Morgan fingerprint density at radius 2 is 1.86 bits per heavy atom. The van der Waals surface area contributed by atoms with E-state index in [0.717, 1.165) is 14.6 Å². The zero-order chi connectivity index (χ0) is 20.1. The molecule has 0 fully saturated rings. The van der Waals surface area contributed by atoms with Gasteiger partial charge in [0.15, 0.2) is 9.94 Å². The fraction of sp³-hybridized carbons (Fsp3) is 0.211. The molecule has 0 aliphatic heterocycles. The predicted molar refractivity (Wildman–Crippen MR) is 118 cm³/mol. The van der Waals surface area contributed by atoms with Crippen molar-refractivity contribution in [2.45, 2.75) is 29.5 Å². The van der Waals surface area contributed by atoms with Gasteiger partial charge in [0.05, 0.1) is 0 Å². The van der Waals surface area contributed by atoms with E-state index in [4.69, 9.17) is 16.3 Å². The Morgan fingerprint density at radius 1 is 1.18 bits per heavy atom. The van der Waals surface area contributed by atoms with Gasteiger partial charge in [-0.1, -0.05) is 62.8 Å². The SMILES string of the molecule is CC(C)(Oc1ccc(Cl)cc1)C(=O)Nc1nnc(SCc2ccc(Br)cc2)s1. The molecule has 28 heavy (non-hydrogen) atoms. The number of ether oxygens (including phenoxy) is 1. The van der Waals surface area contributed by atoms with Crippen molar-refractivity contribution in [3.05, 3.63) is 63.6 Å². The first kappa shape index (κ1) is 21.1. The molecule has 9 heteroatoms. The average molecular weight is 499 g/mol. The maximum absolute atomic E-state index is 12.6. The first-order chi connectivity index (χ1) is 13.3. The molecule has 5 nitrogen and oxygen atoms in total. The number of aromatic nitrogens is 2. The Kier molecular flexibility index (Phi) is 6.98. The van der Waals surface area contributed by atoms with Gasteiger partial charge in [0.25, 0.3) is 5.91 Å². The second-order valence-corrected chi connectivity index (χ2v) is 9.86. The first-order valence-corrected chi connectivity index (χ1v) is 11.3. The minimum absolute atomic E-state index is 0.303. The highest BCUT2D eigenvalue weighted by atomic mass is 79.9. The van der Waals surface area contributed by atoms with Gasteiger partial charge in [-0.3, -0.25) is 10.1 Å². The number of benzene rings is 2. The van der Waals surface area contributed by atoms with Crippen LogP contribution in [-0.4, -0.2) is 21.7 Å². The van der Waals surface area contributed by atoms with Crippen LogP contribution in [0.3, 0.4) is 0 Å². The largest absolute Gasteiger partial charge is 0.478 e. The molecule has 0 aliphatic rings. The average Bonchev–Trinajstić information content (AvgIpc) is 3.10. The molecule has 0 saturated heterocycles. The van der Waals surface area contributed by atoms with E-state index in [9.17, 15) is 4.79 Å². The summed E-state index contributed by atoms with van der Waals surface area (Å²) in [5.41, 5.74) is 0.107. The lowest BCUT2D eigenvalue weighted by molar-refractivity contribution is -0.128. The number of carbonyl (C=O) groups excluding carboxylic acids is 1. The lowest BCUT2D eigenvalue weighted by atomic mass is 10.1. The van der Waals surface area contributed by atoms with E-state index >= 15 is 0 Å². The molecule has 146 valence electrons. The molecule has 3 aromatic rings. The van der Waals surface area contributed by atoms with Gasteiger partial charge in [-0.05, 0) is 55.8 Å². The molecule has 0 unspecified atom stereocenters. The van der Waals surface area contributed by atoms with Gasteiger partial charge in [-0.2, -0.15) is 0 Å². The molecule has 1 amide bonds. The zero-order valence-corrected chi connectivity index (χ0v) is 19.1. The van der Waals surface area contributed by atoms with Crippen LogP contribution >= 0.6 is 50.6 Å². The first-order valence-electron chi connectivity index (χ1n) is 8.28. The van der Waals surface area contributed by atoms with E-state index in [-0.39, 0.29) is 5.91 Å². The Bertz CT molecular complexity index is 947. The summed E-state index contributed by atoms with van der Waals surface area (Å²) in [6.45, 7) is 3.39. The van der Waals surface area contributed by atoms with Crippen LogP contribution in [0, 0.1) is 0 Å². The summed E-state index contributed by atoms with van der Waals surface area (Å²) in [5.74, 6) is 1.04. The molecule has 2 aromatic carbocycles. The predicted octanol–water partition coefficient (Wildman–Crippen LogP) is 6.04. The van der Waals surface area contributed by atoms with Gasteiger partial charge in [0.1, 0.15) is 5.75 Å². The number of rotatable bonds is 7. The van der Waals surface area contributed by atoms with Crippen LogP contribution in [0.1, 0.15) is 19.4 Å². The van der Waals surface area contributed by atoms with Gasteiger partial charge in [0, 0.05) is 15.2 Å². The fourth-order valence-corrected chi connectivity index (χ4v) is 4.23. The smallest absolute Gasteiger partial charge is 0.269 e. The molecular formula is C19H17BrClN3O2S2. The third-order valence-electron chi connectivity index (χ3n) is 3.64. The van der Waals surface area contributed by atoms with Crippen LogP contribution in [0.25, 0.3) is 0 Å². The van der Waals surface area contributed by atoms with Crippen LogP contribution in [0.5, 0.6) is 5.75 Å². The summed E-state index contributed by atoms with van der Waals surface area (Å²) in [6, 6.07) is 15.0. The molecule has 0 radical (unpaired) electrons. The molecule has 0 atom stereocenters. The molecule has 3 rings (SSSR count). The molecule has 0 saturated carbocycles. The molecule has 1 N–H and O–H groups in total. The fourth-order valence-electron chi connectivity index (χ4n) is 2.14. The van der Waals surface area contributed by atoms with E-state index in [1.807, 2.05) is 12.1 Å². The van der Waals surface area contributed by atoms with Crippen LogP contribution in [0.4, 0.5) is 5.13 Å². The van der Waals surface area contributed by atoms with Gasteiger partial charge >= 0.3 is 0 Å². The van der Waals surface area contributed by atoms with Crippen molar-refractivity contribution >= 4 is 61.7 Å². The van der Waals surface area contributed by atoms with Gasteiger partial charge < -0.3 is 4.74 Å². The number of carbonyl (C=O) groups is 1. The van der Waals surface area contributed by atoms with Gasteiger partial charge in [-0.25, -0.2) is 0 Å². The normalized spacial score (nSPS) is 11.3. The highest BCUT2D eigenvalue weighted by Crippen LogP contribution is 2.29. The van der Waals surface area contributed by atoms with Crippen molar-refractivity contribution in [2.24, 2.45) is 0 Å². The summed E-state index contributed by atoms with van der Waals surface area (Å²) >= 11 is 12.2. The second kappa shape index (κ2) is 9.26. The standard InChI is InChI=1S/C19H17BrClN3O2S2/c1-19(2,26-15-9-7-14(21)8-10-15)16(25)22-17-23-24-18(28-17)27-11-12-3-5-13(20)6-4-12/h3-10H,11H2,1-2H3,(H,22,23,25). The molecule has 0 aliphatic carbocycles.